The molecule has 3 rings (SSSR count). The lowest BCUT2D eigenvalue weighted by molar-refractivity contribution is 0.262. The summed E-state index contributed by atoms with van der Waals surface area (Å²) in [4.78, 5) is 12.1. The third-order valence-corrected chi connectivity index (χ3v) is 4.67. The summed E-state index contributed by atoms with van der Waals surface area (Å²) in [6.45, 7) is 7.11. The molecule has 1 aromatic heterocycles. The number of anilines is 3. The zero-order valence-corrected chi connectivity index (χ0v) is 13.7. The Morgan fingerprint density at radius 3 is 2.82 bits per heavy atom. The van der Waals surface area contributed by atoms with E-state index in [0.717, 1.165) is 34.9 Å². The van der Waals surface area contributed by atoms with Crippen molar-refractivity contribution in [2.45, 2.75) is 32.6 Å². The maximum absolute atomic E-state index is 12.1. The van der Waals surface area contributed by atoms with E-state index < -0.39 is 0 Å². The van der Waals surface area contributed by atoms with Crippen molar-refractivity contribution < 1.29 is 4.79 Å². The van der Waals surface area contributed by atoms with E-state index in [4.69, 9.17) is 0 Å². The first kappa shape index (κ1) is 14.8. The minimum absolute atomic E-state index is 0.0694. The highest BCUT2D eigenvalue weighted by molar-refractivity contribution is 7.15. The summed E-state index contributed by atoms with van der Waals surface area (Å²) >= 11 is 1.40. The SMILES string of the molecule is CC(C)(C)c1nnc(NC(=O)Nc2cccc3c2CCN3)s1. The molecular formula is C15H19N5OS. The third kappa shape index (κ3) is 3.04. The second-order valence-corrected chi connectivity index (χ2v) is 7.23. The Balaban J connectivity index is 1.69. The first-order chi connectivity index (χ1) is 10.4. The van der Waals surface area contributed by atoms with E-state index >= 15 is 0 Å². The number of amides is 2. The summed E-state index contributed by atoms with van der Waals surface area (Å²) in [6.07, 6.45) is 0.915. The van der Waals surface area contributed by atoms with Crippen LogP contribution < -0.4 is 16.0 Å². The smallest absolute Gasteiger partial charge is 0.325 e. The van der Waals surface area contributed by atoms with Gasteiger partial charge in [-0.1, -0.05) is 38.2 Å². The largest absolute Gasteiger partial charge is 0.384 e. The number of nitrogens with zero attached hydrogens (tertiary/aromatic N) is 2. The molecule has 0 saturated carbocycles. The Morgan fingerprint density at radius 2 is 2.09 bits per heavy atom. The van der Waals surface area contributed by atoms with Crippen molar-refractivity contribution in [3.63, 3.8) is 0 Å². The molecule has 0 atom stereocenters. The van der Waals surface area contributed by atoms with E-state index in [1.165, 1.54) is 11.3 Å². The van der Waals surface area contributed by atoms with Gasteiger partial charge in [-0.05, 0) is 18.6 Å². The molecule has 0 unspecified atom stereocenters. The Labute approximate surface area is 133 Å². The molecule has 2 amide bonds. The van der Waals surface area contributed by atoms with Crippen LogP contribution in [0.5, 0.6) is 0 Å². The molecule has 0 spiro atoms. The van der Waals surface area contributed by atoms with Crippen molar-refractivity contribution in [1.29, 1.82) is 0 Å². The van der Waals surface area contributed by atoms with Gasteiger partial charge in [0.25, 0.3) is 0 Å². The lowest BCUT2D eigenvalue weighted by Crippen LogP contribution is -2.20. The highest BCUT2D eigenvalue weighted by atomic mass is 32.1. The van der Waals surface area contributed by atoms with Gasteiger partial charge in [-0.25, -0.2) is 4.79 Å². The van der Waals surface area contributed by atoms with Gasteiger partial charge in [0.15, 0.2) is 0 Å². The van der Waals surface area contributed by atoms with E-state index in [-0.39, 0.29) is 11.4 Å². The predicted molar refractivity (Wildman–Crippen MR) is 89.9 cm³/mol. The molecule has 1 aliphatic heterocycles. The number of hydrogen-bond acceptors (Lipinski definition) is 5. The van der Waals surface area contributed by atoms with Crippen molar-refractivity contribution in [2.75, 3.05) is 22.5 Å². The van der Waals surface area contributed by atoms with Crippen molar-refractivity contribution >= 4 is 33.9 Å². The molecular weight excluding hydrogens is 298 g/mol. The number of carbonyl (C=O) groups excluding carboxylic acids is 1. The van der Waals surface area contributed by atoms with E-state index in [0.29, 0.717) is 5.13 Å². The first-order valence-corrected chi connectivity index (χ1v) is 8.03. The van der Waals surface area contributed by atoms with Gasteiger partial charge in [0.1, 0.15) is 5.01 Å². The second-order valence-electron chi connectivity index (χ2n) is 6.25. The average molecular weight is 317 g/mol. The van der Waals surface area contributed by atoms with E-state index in [9.17, 15) is 4.79 Å². The lowest BCUT2D eigenvalue weighted by Gasteiger charge is -2.12. The van der Waals surface area contributed by atoms with Crippen molar-refractivity contribution in [3.8, 4) is 0 Å². The number of benzene rings is 1. The van der Waals surface area contributed by atoms with Gasteiger partial charge >= 0.3 is 6.03 Å². The summed E-state index contributed by atoms with van der Waals surface area (Å²) in [5.74, 6) is 0. The van der Waals surface area contributed by atoms with Gasteiger partial charge in [0.05, 0.1) is 0 Å². The molecule has 7 heteroatoms. The normalized spacial score (nSPS) is 13.4. The molecule has 2 aromatic rings. The van der Waals surface area contributed by atoms with Crippen molar-refractivity contribution in [3.05, 3.63) is 28.8 Å². The summed E-state index contributed by atoms with van der Waals surface area (Å²) in [5.41, 5.74) is 2.99. The van der Waals surface area contributed by atoms with Gasteiger partial charge in [0.2, 0.25) is 5.13 Å². The van der Waals surface area contributed by atoms with Gasteiger partial charge in [-0.15, -0.1) is 10.2 Å². The number of fused-ring (bicyclic) bond motifs is 1. The van der Waals surface area contributed by atoms with E-state index in [1.54, 1.807) is 0 Å². The molecule has 22 heavy (non-hydrogen) atoms. The molecule has 1 aromatic carbocycles. The second kappa shape index (κ2) is 5.57. The Bertz CT molecular complexity index is 704. The highest BCUT2D eigenvalue weighted by Gasteiger charge is 2.20. The fourth-order valence-electron chi connectivity index (χ4n) is 2.29. The third-order valence-electron chi connectivity index (χ3n) is 3.40. The standard InChI is InChI=1S/C15H19N5OS/c1-15(2,3)12-19-20-14(22-12)18-13(21)17-11-6-4-5-10-9(11)7-8-16-10/h4-6,16H,7-8H2,1-3H3,(H2,17,18,20,21). The van der Waals surface area contributed by atoms with Gasteiger partial charge in [-0.2, -0.15) is 0 Å². The van der Waals surface area contributed by atoms with Crippen LogP contribution >= 0.6 is 11.3 Å². The van der Waals surface area contributed by atoms with Crippen LogP contribution in [0.2, 0.25) is 0 Å². The molecule has 0 fully saturated rings. The Morgan fingerprint density at radius 1 is 1.27 bits per heavy atom. The zero-order valence-electron chi connectivity index (χ0n) is 12.9. The average Bonchev–Trinajstić information content (AvgIpc) is 3.06. The highest BCUT2D eigenvalue weighted by Crippen LogP contribution is 2.30. The summed E-state index contributed by atoms with van der Waals surface area (Å²) in [7, 11) is 0. The number of carbonyl (C=O) groups is 1. The lowest BCUT2D eigenvalue weighted by atomic mass is 9.98. The zero-order chi connectivity index (χ0) is 15.7. The fourth-order valence-corrected chi connectivity index (χ4v) is 3.08. The number of hydrogen-bond donors (Lipinski definition) is 3. The van der Waals surface area contributed by atoms with Gasteiger partial charge in [-0.3, -0.25) is 5.32 Å². The van der Waals surface area contributed by atoms with Gasteiger partial charge < -0.3 is 10.6 Å². The van der Waals surface area contributed by atoms with Crippen LogP contribution in [0, 0.1) is 0 Å². The van der Waals surface area contributed by atoms with Crippen LogP contribution in [-0.2, 0) is 11.8 Å². The summed E-state index contributed by atoms with van der Waals surface area (Å²) in [6, 6.07) is 5.56. The molecule has 3 N–H and O–H groups in total. The van der Waals surface area contributed by atoms with Crippen LogP contribution in [0.15, 0.2) is 18.2 Å². The van der Waals surface area contributed by atoms with Crippen molar-refractivity contribution in [1.82, 2.24) is 10.2 Å². The maximum Gasteiger partial charge on any atom is 0.325 e. The van der Waals surface area contributed by atoms with Crippen LogP contribution in [-0.4, -0.2) is 22.8 Å². The van der Waals surface area contributed by atoms with Crippen LogP contribution in [0.25, 0.3) is 0 Å². The van der Waals surface area contributed by atoms with Crippen LogP contribution in [0.4, 0.5) is 21.3 Å². The Hall–Kier alpha value is -2.15. The molecule has 0 bridgehead atoms. The number of urea groups is 1. The van der Waals surface area contributed by atoms with E-state index in [2.05, 4.69) is 46.9 Å². The van der Waals surface area contributed by atoms with Crippen molar-refractivity contribution in [2.24, 2.45) is 0 Å². The minimum Gasteiger partial charge on any atom is -0.384 e. The van der Waals surface area contributed by atoms with Crippen LogP contribution in [0.1, 0.15) is 31.3 Å². The molecule has 6 nitrogen and oxygen atoms in total. The van der Waals surface area contributed by atoms with Crippen LogP contribution in [0.3, 0.4) is 0 Å². The molecule has 0 aliphatic carbocycles. The summed E-state index contributed by atoms with van der Waals surface area (Å²) < 4.78 is 0. The predicted octanol–water partition coefficient (Wildman–Crippen LogP) is 3.45. The van der Waals surface area contributed by atoms with E-state index in [1.807, 2.05) is 18.2 Å². The number of nitrogens with one attached hydrogen (secondary N) is 3. The molecule has 0 radical (unpaired) electrons. The Kier molecular flexibility index (Phi) is 3.74. The summed E-state index contributed by atoms with van der Waals surface area (Å²) in [5, 5.41) is 18.5. The quantitative estimate of drug-likeness (QED) is 0.792. The molecule has 1 aliphatic rings. The first-order valence-electron chi connectivity index (χ1n) is 7.21. The number of aromatic nitrogens is 2. The number of rotatable bonds is 2. The maximum atomic E-state index is 12.1. The minimum atomic E-state index is -0.295. The molecule has 0 saturated heterocycles. The topological polar surface area (TPSA) is 78.9 Å². The molecule has 2 heterocycles. The van der Waals surface area contributed by atoms with Gasteiger partial charge in [0, 0.05) is 28.9 Å². The molecule has 116 valence electrons. The monoisotopic (exact) mass is 317 g/mol. The fraction of sp³-hybridized carbons (Fsp3) is 0.400.